The molecule has 0 aliphatic rings. The highest BCUT2D eigenvalue weighted by Crippen LogP contribution is 2.01. The maximum absolute atomic E-state index is 12.3. The van der Waals surface area contributed by atoms with Crippen molar-refractivity contribution < 1.29 is 57.2 Å². The zero-order valence-electron chi connectivity index (χ0n) is 25.4. The van der Waals surface area contributed by atoms with Crippen LogP contribution in [0.2, 0.25) is 0 Å². The van der Waals surface area contributed by atoms with Gasteiger partial charge in [0.25, 0.3) is 0 Å². The van der Waals surface area contributed by atoms with E-state index < -0.39 is 24.1 Å². The summed E-state index contributed by atoms with van der Waals surface area (Å²) in [5.41, 5.74) is 5.27. The monoisotopic (exact) mass is 637 g/mol. The molecule has 0 aromatic rings. The number of nitrogens with two attached hydrogens (primary N) is 1. The predicted octanol–water partition coefficient (Wildman–Crippen LogP) is -1.46. The second-order valence-corrected chi connectivity index (χ2v) is 9.53. The zero-order valence-corrected chi connectivity index (χ0v) is 25.4. The molecule has 0 saturated heterocycles. The number of carboxylic acids is 1. The lowest BCUT2D eigenvalue weighted by atomic mass is 10.1. The molecule has 2 unspecified atom stereocenters. The number of halogens is 1. The number of hydrogen-bond donors (Lipinski definition) is 6. The summed E-state index contributed by atoms with van der Waals surface area (Å²) in [6, 6.07) is -3.78. The third kappa shape index (κ3) is 25.3. The molecule has 4 amide bonds. The number of hydrogen-bond acceptors (Lipinski definition) is 11. The fourth-order valence-electron chi connectivity index (χ4n) is 3.34. The number of unbranched alkanes of at least 4 members (excludes halogenated alkanes) is 1. The standard InChI is InChI=1S/C27H48FN5O11/c1-2-5-23(35)33-21(27(39)40)7-8-22(34)31-10-12-41-14-17-44-19-25(37)32-11-13-42-15-16-43-18-24(36)30-9-4-3-6-20(29)26(28)38/h20-21H,2-19,29H2,1H3,(H,30,36)(H,31,34)(H,32,37)(H,33,35)(H,39,40). The molecule has 254 valence electrons. The van der Waals surface area contributed by atoms with Crippen LogP contribution in [0, 0.1) is 0 Å². The van der Waals surface area contributed by atoms with E-state index >= 15 is 0 Å². The number of carbonyl (C=O) groups is 6. The van der Waals surface area contributed by atoms with Crippen LogP contribution in [-0.4, -0.2) is 125 Å². The summed E-state index contributed by atoms with van der Waals surface area (Å²) >= 11 is 0. The molecule has 0 spiro atoms. The minimum absolute atomic E-state index is 0.0234. The van der Waals surface area contributed by atoms with Crippen molar-refractivity contribution in [1.82, 2.24) is 21.3 Å². The van der Waals surface area contributed by atoms with Gasteiger partial charge in [-0.2, -0.15) is 4.39 Å². The summed E-state index contributed by atoms with van der Waals surface area (Å²) in [7, 11) is 0. The molecule has 2 atom stereocenters. The van der Waals surface area contributed by atoms with Gasteiger partial charge in [0.05, 0.1) is 45.7 Å². The maximum atomic E-state index is 12.3. The van der Waals surface area contributed by atoms with Gasteiger partial charge in [-0.15, -0.1) is 0 Å². The van der Waals surface area contributed by atoms with Crippen molar-refractivity contribution in [2.75, 3.05) is 72.5 Å². The molecule has 0 aliphatic carbocycles. The van der Waals surface area contributed by atoms with E-state index in [2.05, 4.69) is 21.3 Å². The molecule has 0 bridgehead atoms. The Balaban J connectivity index is 3.56. The second kappa shape index (κ2) is 27.3. The van der Waals surface area contributed by atoms with E-state index in [4.69, 9.17) is 29.8 Å². The number of carbonyl (C=O) groups excluding carboxylic acids is 5. The molecule has 0 aromatic heterocycles. The topological polar surface area (TPSA) is 234 Å². The largest absolute Gasteiger partial charge is 0.480 e. The van der Waals surface area contributed by atoms with Crippen molar-refractivity contribution in [1.29, 1.82) is 0 Å². The number of aliphatic carboxylic acids is 1. The number of rotatable bonds is 29. The summed E-state index contributed by atoms with van der Waals surface area (Å²) in [5, 5.41) is 19.4. The summed E-state index contributed by atoms with van der Waals surface area (Å²) in [5.74, 6) is -2.57. The Morgan fingerprint density at radius 1 is 0.682 bits per heavy atom. The van der Waals surface area contributed by atoms with Gasteiger partial charge in [-0.25, -0.2) is 4.79 Å². The van der Waals surface area contributed by atoms with Crippen molar-refractivity contribution >= 4 is 35.6 Å². The van der Waals surface area contributed by atoms with Crippen LogP contribution >= 0.6 is 0 Å². The lowest BCUT2D eigenvalue weighted by molar-refractivity contribution is -0.142. The van der Waals surface area contributed by atoms with Crippen molar-refractivity contribution in [3.8, 4) is 0 Å². The molecule has 0 rings (SSSR count). The van der Waals surface area contributed by atoms with Crippen LogP contribution < -0.4 is 27.0 Å². The lowest BCUT2D eigenvalue weighted by Gasteiger charge is -2.14. The maximum Gasteiger partial charge on any atom is 0.326 e. The van der Waals surface area contributed by atoms with Gasteiger partial charge in [-0.05, 0) is 32.1 Å². The molecule has 17 heteroatoms. The minimum Gasteiger partial charge on any atom is -0.480 e. The van der Waals surface area contributed by atoms with E-state index in [1.807, 2.05) is 0 Å². The van der Waals surface area contributed by atoms with E-state index in [1.165, 1.54) is 0 Å². The lowest BCUT2D eigenvalue weighted by Crippen LogP contribution is -2.41. The van der Waals surface area contributed by atoms with Crippen LogP contribution in [0.1, 0.15) is 51.9 Å². The average molecular weight is 638 g/mol. The Bertz CT molecular complexity index is 866. The van der Waals surface area contributed by atoms with Crippen LogP contribution in [0.25, 0.3) is 0 Å². The predicted molar refractivity (Wildman–Crippen MR) is 154 cm³/mol. The van der Waals surface area contributed by atoms with E-state index in [1.54, 1.807) is 6.92 Å². The van der Waals surface area contributed by atoms with Crippen LogP contribution in [0.4, 0.5) is 4.39 Å². The highest BCUT2D eigenvalue weighted by atomic mass is 19.1. The van der Waals surface area contributed by atoms with Crippen molar-refractivity contribution in [3.05, 3.63) is 0 Å². The van der Waals surface area contributed by atoms with Gasteiger partial charge in [0, 0.05) is 32.5 Å². The van der Waals surface area contributed by atoms with Crippen molar-refractivity contribution in [2.24, 2.45) is 5.73 Å². The summed E-state index contributed by atoms with van der Waals surface area (Å²) < 4.78 is 33.3. The molecule has 0 aromatic carbocycles. The Kier molecular flexibility index (Phi) is 25.3. The quantitative estimate of drug-likeness (QED) is 0.0408. The first-order valence-electron chi connectivity index (χ1n) is 14.6. The average Bonchev–Trinajstić information content (AvgIpc) is 2.97. The van der Waals surface area contributed by atoms with Crippen LogP contribution in [0.5, 0.6) is 0 Å². The molecule has 0 aliphatic heterocycles. The number of ether oxygens (including phenoxy) is 4. The summed E-state index contributed by atoms with van der Waals surface area (Å²) in [6.07, 6.45) is 2.02. The first-order valence-corrected chi connectivity index (χ1v) is 14.6. The molecule has 0 fully saturated rings. The second-order valence-electron chi connectivity index (χ2n) is 9.53. The van der Waals surface area contributed by atoms with Crippen LogP contribution in [-0.2, 0) is 47.7 Å². The number of nitrogens with one attached hydrogen (secondary N) is 4. The van der Waals surface area contributed by atoms with Crippen LogP contribution in [0.3, 0.4) is 0 Å². The summed E-state index contributed by atoms with van der Waals surface area (Å²) in [4.78, 5) is 68.5. The Morgan fingerprint density at radius 2 is 1.20 bits per heavy atom. The third-order valence-corrected chi connectivity index (χ3v) is 5.67. The van der Waals surface area contributed by atoms with Gasteiger partial charge < -0.3 is 51.1 Å². The van der Waals surface area contributed by atoms with E-state index in [0.717, 1.165) is 0 Å². The molecular weight excluding hydrogens is 589 g/mol. The number of amides is 4. The van der Waals surface area contributed by atoms with Crippen molar-refractivity contribution in [3.63, 3.8) is 0 Å². The smallest absolute Gasteiger partial charge is 0.326 e. The zero-order chi connectivity index (χ0) is 33.0. The van der Waals surface area contributed by atoms with Gasteiger partial charge in [-0.1, -0.05) is 6.92 Å². The van der Waals surface area contributed by atoms with Gasteiger partial charge in [0.15, 0.2) is 0 Å². The fourth-order valence-corrected chi connectivity index (χ4v) is 3.34. The van der Waals surface area contributed by atoms with E-state index in [0.29, 0.717) is 25.8 Å². The molecule has 7 N–H and O–H groups in total. The minimum atomic E-state index is -1.54. The molecular formula is C27H48FN5O11. The Labute approximate surface area is 256 Å². The normalized spacial score (nSPS) is 12.2. The first-order chi connectivity index (χ1) is 21.1. The highest BCUT2D eigenvalue weighted by molar-refractivity contribution is 5.84. The molecule has 0 heterocycles. The molecule has 16 nitrogen and oxygen atoms in total. The SMILES string of the molecule is CCCC(=O)NC(CCC(=O)NCCOCCOCC(=O)NCCOCCOCC(=O)NCCCCC(N)C(=O)F)C(=O)O. The first kappa shape index (κ1) is 40.8. The summed E-state index contributed by atoms with van der Waals surface area (Å²) in [6.45, 7) is 3.54. The molecule has 0 radical (unpaired) electrons. The van der Waals surface area contributed by atoms with Gasteiger partial charge in [-0.3, -0.25) is 24.0 Å². The molecule has 0 saturated carbocycles. The van der Waals surface area contributed by atoms with E-state index in [9.17, 15) is 33.2 Å². The van der Waals surface area contributed by atoms with Gasteiger partial charge >= 0.3 is 12.0 Å². The fraction of sp³-hybridized carbons (Fsp3) is 0.778. The Hall–Kier alpha value is -3.25. The van der Waals surface area contributed by atoms with Gasteiger partial charge in [0.2, 0.25) is 23.6 Å². The third-order valence-electron chi connectivity index (χ3n) is 5.67. The van der Waals surface area contributed by atoms with Crippen LogP contribution in [0.15, 0.2) is 0 Å². The highest BCUT2D eigenvalue weighted by Gasteiger charge is 2.20. The van der Waals surface area contributed by atoms with Gasteiger partial charge in [0.1, 0.15) is 19.3 Å². The van der Waals surface area contributed by atoms with Crippen molar-refractivity contribution in [2.45, 2.75) is 64.0 Å². The number of carboxylic acid groups (broad SMARTS) is 1. The molecule has 44 heavy (non-hydrogen) atoms. The van der Waals surface area contributed by atoms with E-state index in [-0.39, 0.29) is 115 Å². The Morgan fingerprint density at radius 3 is 1.73 bits per heavy atom.